The zero-order valence-electron chi connectivity index (χ0n) is 7.20. The van der Waals surface area contributed by atoms with Crippen molar-refractivity contribution in [2.45, 2.75) is 25.4 Å². The minimum Gasteiger partial charge on any atom is -0.247 e. The molecule has 0 bridgehead atoms. The number of isocyanates is 2. The highest BCUT2D eigenvalue weighted by atomic mass is 19.1. The van der Waals surface area contributed by atoms with Crippen molar-refractivity contribution in [1.82, 2.24) is 0 Å². The van der Waals surface area contributed by atoms with E-state index in [1.54, 1.807) is 0 Å². The van der Waals surface area contributed by atoms with Crippen LogP contribution in [-0.2, 0) is 9.59 Å². The first kappa shape index (κ1) is 11.7. The first-order chi connectivity index (χ1) is 6.31. The summed E-state index contributed by atoms with van der Waals surface area (Å²) in [6.45, 7) is 0.475. The second-order valence-corrected chi connectivity index (χ2v) is 2.47. The van der Waals surface area contributed by atoms with E-state index in [-0.39, 0.29) is 13.0 Å². The number of aliphatic imine (C=N–C) groups is 2. The number of alkyl halides is 1. The topological polar surface area (TPSA) is 58.9 Å². The van der Waals surface area contributed by atoms with E-state index in [1.807, 2.05) is 0 Å². The van der Waals surface area contributed by atoms with Gasteiger partial charge in [-0.2, -0.15) is 0 Å². The molecule has 0 rings (SSSR count). The molecule has 0 fully saturated rings. The van der Waals surface area contributed by atoms with Crippen molar-refractivity contribution >= 4 is 12.2 Å². The van der Waals surface area contributed by atoms with Gasteiger partial charge in [0, 0.05) is 0 Å². The molecule has 0 heterocycles. The Morgan fingerprint density at radius 1 is 1.08 bits per heavy atom. The monoisotopic (exact) mass is 186 g/mol. The maximum Gasteiger partial charge on any atom is 0.234 e. The van der Waals surface area contributed by atoms with Crippen LogP contribution in [0.15, 0.2) is 9.98 Å². The summed E-state index contributed by atoms with van der Waals surface area (Å²) in [5, 5.41) is 0. The number of nitrogens with zero attached hydrogens (tertiary/aromatic N) is 2. The molecular weight excluding hydrogens is 175 g/mol. The van der Waals surface area contributed by atoms with Crippen molar-refractivity contribution in [3.05, 3.63) is 0 Å². The van der Waals surface area contributed by atoms with Crippen molar-refractivity contribution in [2.24, 2.45) is 9.98 Å². The molecule has 0 saturated heterocycles. The maximum atomic E-state index is 12.8. The van der Waals surface area contributed by atoms with E-state index in [1.165, 1.54) is 12.2 Å². The van der Waals surface area contributed by atoms with E-state index < -0.39 is 6.17 Å². The molecule has 0 radical (unpaired) electrons. The summed E-state index contributed by atoms with van der Waals surface area (Å²) < 4.78 is 12.8. The minimum absolute atomic E-state index is 0.168. The quantitative estimate of drug-likeness (QED) is 0.340. The molecule has 0 spiro atoms. The normalized spacial score (nSPS) is 11.2. The lowest BCUT2D eigenvalue weighted by Crippen LogP contribution is -2.02. The Morgan fingerprint density at radius 3 is 2.31 bits per heavy atom. The van der Waals surface area contributed by atoms with Crippen LogP contribution in [0.5, 0.6) is 0 Å². The van der Waals surface area contributed by atoms with Gasteiger partial charge in [0.05, 0.1) is 13.1 Å². The molecular formula is C8H11FN2O2. The summed E-state index contributed by atoms with van der Waals surface area (Å²) in [4.78, 5) is 25.7. The van der Waals surface area contributed by atoms with Gasteiger partial charge >= 0.3 is 0 Å². The standard InChI is InChI=1S/C8H11FN2O2/c9-8(3-5-11-7-13)2-1-4-10-6-12/h8H,1-5H2. The molecule has 0 saturated carbocycles. The van der Waals surface area contributed by atoms with E-state index in [0.717, 1.165) is 0 Å². The fourth-order valence-electron chi connectivity index (χ4n) is 0.832. The van der Waals surface area contributed by atoms with Gasteiger partial charge < -0.3 is 0 Å². The summed E-state index contributed by atoms with van der Waals surface area (Å²) in [5.41, 5.74) is 0. The molecule has 1 unspecified atom stereocenters. The van der Waals surface area contributed by atoms with Crippen LogP contribution in [-0.4, -0.2) is 31.4 Å². The van der Waals surface area contributed by atoms with Crippen LogP contribution < -0.4 is 0 Å². The first-order valence-corrected chi connectivity index (χ1v) is 4.02. The molecule has 1 atom stereocenters. The van der Waals surface area contributed by atoms with Crippen LogP contribution in [0.1, 0.15) is 19.3 Å². The first-order valence-electron chi connectivity index (χ1n) is 4.02. The van der Waals surface area contributed by atoms with Crippen LogP contribution in [0.25, 0.3) is 0 Å². The number of carbonyl (C=O) groups excluding carboxylic acids is 2. The fraction of sp³-hybridized carbons (Fsp3) is 0.750. The van der Waals surface area contributed by atoms with Crippen molar-refractivity contribution < 1.29 is 14.0 Å². The molecule has 0 aliphatic rings. The predicted molar refractivity (Wildman–Crippen MR) is 44.7 cm³/mol. The predicted octanol–water partition coefficient (Wildman–Crippen LogP) is 1.17. The van der Waals surface area contributed by atoms with Gasteiger partial charge in [-0.25, -0.2) is 24.0 Å². The SMILES string of the molecule is O=C=NCCCC(F)CCN=C=O. The van der Waals surface area contributed by atoms with Crippen LogP contribution in [0, 0.1) is 0 Å². The number of hydrogen-bond donors (Lipinski definition) is 0. The van der Waals surface area contributed by atoms with Crippen LogP contribution >= 0.6 is 0 Å². The van der Waals surface area contributed by atoms with Gasteiger partial charge in [-0.15, -0.1) is 0 Å². The van der Waals surface area contributed by atoms with E-state index in [0.29, 0.717) is 19.4 Å². The third-order valence-electron chi connectivity index (χ3n) is 1.47. The lowest BCUT2D eigenvalue weighted by molar-refractivity contribution is 0.296. The molecule has 0 aliphatic heterocycles. The molecule has 13 heavy (non-hydrogen) atoms. The molecule has 0 aliphatic carbocycles. The minimum atomic E-state index is -0.987. The molecule has 0 aromatic heterocycles. The summed E-state index contributed by atoms with van der Waals surface area (Å²) >= 11 is 0. The third-order valence-corrected chi connectivity index (χ3v) is 1.47. The Balaban J connectivity index is 3.33. The molecule has 5 heteroatoms. The number of halogens is 1. The second kappa shape index (κ2) is 8.78. The Morgan fingerprint density at radius 2 is 1.69 bits per heavy atom. The highest BCUT2D eigenvalue weighted by molar-refractivity contribution is 5.32. The Kier molecular flexibility index (Phi) is 7.90. The van der Waals surface area contributed by atoms with E-state index in [9.17, 15) is 14.0 Å². The van der Waals surface area contributed by atoms with Gasteiger partial charge in [-0.1, -0.05) is 0 Å². The smallest absolute Gasteiger partial charge is 0.234 e. The van der Waals surface area contributed by atoms with Gasteiger partial charge in [-0.05, 0) is 19.3 Å². The highest BCUT2D eigenvalue weighted by Gasteiger charge is 2.04. The van der Waals surface area contributed by atoms with Crippen LogP contribution in [0.4, 0.5) is 4.39 Å². The fourth-order valence-corrected chi connectivity index (χ4v) is 0.832. The van der Waals surface area contributed by atoms with Crippen molar-refractivity contribution in [1.29, 1.82) is 0 Å². The number of hydrogen-bond acceptors (Lipinski definition) is 4. The molecule has 0 aromatic carbocycles. The Bertz CT molecular complexity index is 220. The van der Waals surface area contributed by atoms with Crippen LogP contribution in [0.3, 0.4) is 0 Å². The average Bonchev–Trinajstić information content (AvgIpc) is 2.13. The Hall–Kier alpha value is -1.31. The van der Waals surface area contributed by atoms with Crippen molar-refractivity contribution in [3.63, 3.8) is 0 Å². The molecule has 0 aromatic rings. The zero-order valence-corrected chi connectivity index (χ0v) is 7.20. The largest absolute Gasteiger partial charge is 0.247 e. The molecule has 72 valence electrons. The molecule has 0 N–H and O–H groups in total. The van der Waals surface area contributed by atoms with E-state index >= 15 is 0 Å². The summed E-state index contributed by atoms with van der Waals surface area (Å²) in [6, 6.07) is 0. The van der Waals surface area contributed by atoms with E-state index in [4.69, 9.17) is 0 Å². The van der Waals surface area contributed by atoms with Crippen LogP contribution in [0.2, 0.25) is 0 Å². The third kappa shape index (κ3) is 8.60. The summed E-state index contributed by atoms with van der Waals surface area (Å²) in [6.07, 6.45) is 2.80. The van der Waals surface area contributed by atoms with Gasteiger partial charge in [0.2, 0.25) is 12.2 Å². The Labute approximate surface area is 75.6 Å². The van der Waals surface area contributed by atoms with Gasteiger partial charge in [0.15, 0.2) is 0 Å². The highest BCUT2D eigenvalue weighted by Crippen LogP contribution is 2.06. The van der Waals surface area contributed by atoms with Gasteiger partial charge in [0.1, 0.15) is 6.17 Å². The maximum absolute atomic E-state index is 12.8. The molecule has 4 nitrogen and oxygen atoms in total. The van der Waals surface area contributed by atoms with Gasteiger partial charge in [-0.3, -0.25) is 0 Å². The average molecular weight is 186 g/mol. The zero-order chi connectivity index (χ0) is 9.94. The lowest BCUT2D eigenvalue weighted by Gasteiger charge is -2.02. The van der Waals surface area contributed by atoms with Crippen molar-refractivity contribution in [3.8, 4) is 0 Å². The van der Waals surface area contributed by atoms with Gasteiger partial charge in [0.25, 0.3) is 0 Å². The summed E-state index contributed by atoms with van der Waals surface area (Å²) in [7, 11) is 0. The van der Waals surface area contributed by atoms with E-state index in [2.05, 4.69) is 9.98 Å². The van der Waals surface area contributed by atoms with Crippen molar-refractivity contribution in [2.75, 3.05) is 13.1 Å². The number of rotatable bonds is 7. The lowest BCUT2D eigenvalue weighted by atomic mass is 10.1. The molecule has 0 amide bonds. The summed E-state index contributed by atoms with van der Waals surface area (Å²) in [5.74, 6) is 0. The second-order valence-electron chi connectivity index (χ2n) is 2.47.